The molecule has 108 valence electrons. The molecule has 2 aromatic rings. The molecule has 0 aromatic carbocycles. The maximum atomic E-state index is 5.42. The summed E-state index contributed by atoms with van der Waals surface area (Å²) in [6, 6.07) is 0. The van der Waals surface area contributed by atoms with Gasteiger partial charge in [0.05, 0.1) is 12.8 Å². The molecule has 0 fully saturated rings. The number of aryl methyl sites for hydroxylation is 3. The third-order valence-corrected chi connectivity index (χ3v) is 3.32. The number of rotatable bonds is 4. The van der Waals surface area contributed by atoms with Crippen LogP contribution in [0.25, 0.3) is 11.4 Å². The standard InChI is InChI=1S/C14H21N5O/c1-7-15-12-8(2)9(3)16-13(17-12)11-10(4)18-19(5)14(11)20-6/h7H2,1-6H3,(H,15,16,17). The normalized spacial score (nSPS) is 10.7. The Kier molecular flexibility index (Phi) is 3.92. The molecular weight excluding hydrogens is 254 g/mol. The van der Waals surface area contributed by atoms with Crippen LogP contribution in [0.5, 0.6) is 5.88 Å². The molecule has 2 heterocycles. The first-order chi connectivity index (χ1) is 9.49. The molecule has 0 atom stereocenters. The molecule has 2 aromatic heterocycles. The van der Waals surface area contributed by atoms with Crippen molar-refractivity contribution in [3.05, 3.63) is 17.0 Å². The highest BCUT2D eigenvalue weighted by Crippen LogP contribution is 2.31. The Labute approximate surface area is 119 Å². The lowest BCUT2D eigenvalue weighted by Gasteiger charge is -2.11. The van der Waals surface area contributed by atoms with Gasteiger partial charge >= 0.3 is 0 Å². The van der Waals surface area contributed by atoms with Crippen molar-refractivity contribution in [2.24, 2.45) is 7.05 Å². The molecule has 0 aliphatic rings. The summed E-state index contributed by atoms with van der Waals surface area (Å²) in [6.45, 7) is 8.81. The molecule has 0 radical (unpaired) electrons. The number of nitrogens with zero attached hydrogens (tertiary/aromatic N) is 4. The van der Waals surface area contributed by atoms with Gasteiger partial charge in [-0.1, -0.05) is 0 Å². The fraction of sp³-hybridized carbons (Fsp3) is 0.500. The van der Waals surface area contributed by atoms with E-state index in [0.29, 0.717) is 11.7 Å². The molecule has 20 heavy (non-hydrogen) atoms. The Hall–Kier alpha value is -2.11. The summed E-state index contributed by atoms with van der Waals surface area (Å²) < 4.78 is 7.13. The largest absolute Gasteiger partial charge is 0.481 e. The van der Waals surface area contributed by atoms with Gasteiger partial charge in [-0.3, -0.25) is 0 Å². The van der Waals surface area contributed by atoms with Crippen LogP contribution < -0.4 is 10.1 Å². The summed E-state index contributed by atoms with van der Waals surface area (Å²) in [6.07, 6.45) is 0. The smallest absolute Gasteiger partial charge is 0.222 e. The first-order valence-electron chi connectivity index (χ1n) is 6.66. The highest BCUT2D eigenvalue weighted by atomic mass is 16.5. The molecule has 2 rings (SSSR count). The Morgan fingerprint density at radius 2 is 1.85 bits per heavy atom. The van der Waals surface area contributed by atoms with E-state index in [4.69, 9.17) is 4.74 Å². The highest BCUT2D eigenvalue weighted by molar-refractivity contribution is 5.67. The number of hydrogen-bond donors (Lipinski definition) is 1. The van der Waals surface area contributed by atoms with Crippen LogP contribution in [0.2, 0.25) is 0 Å². The second-order valence-corrected chi connectivity index (χ2v) is 4.73. The summed E-state index contributed by atoms with van der Waals surface area (Å²) in [5, 5.41) is 7.65. The van der Waals surface area contributed by atoms with E-state index in [9.17, 15) is 0 Å². The van der Waals surface area contributed by atoms with E-state index in [1.165, 1.54) is 0 Å². The molecule has 1 N–H and O–H groups in total. The van der Waals surface area contributed by atoms with Crippen molar-refractivity contribution in [1.82, 2.24) is 19.7 Å². The summed E-state index contributed by atoms with van der Waals surface area (Å²) in [5.74, 6) is 2.18. The van der Waals surface area contributed by atoms with Gasteiger partial charge in [-0.25, -0.2) is 14.6 Å². The third kappa shape index (κ3) is 2.33. The van der Waals surface area contributed by atoms with Crippen molar-refractivity contribution in [3.8, 4) is 17.3 Å². The molecular formula is C14H21N5O. The van der Waals surface area contributed by atoms with Gasteiger partial charge in [-0.15, -0.1) is 0 Å². The minimum Gasteiger partial charge on any atom is -0.481 e. The summed E-state index contributed by atoms with van der Waals surface area (Å²) >= 11 is 0. The van der Waals surface area contributed by atoms with Gasteiger partial charge in [0.2, 0.25) is 5.88 Å². The van der Waals surface area contributed by atoms with Crippen LogP contribution >= 0.6 is 0 Å². The molecule has 0 bridgehead atoms. The van der Waals surface area contributed by atoms with Gasteiger partial charge in [0.1, 0.15) is 11.4 Å². The zero-order valence-corrected chi connectivity index (χ0v) is 12.9. The fourth-order valence-electron chi connectivity index (χ4n) is 2.21. The van der Waals surface area contributed by atoms with Gasteiger partial charge in [-0.2, -0.15) is 5.10 Å². The Bertz CT molecular complexity index is 633. The maximum Gasteiger partial charge on any atom is 0.222 e. The Morgan fingerprint density at radius 1 is 1.15 bits per heavy atom. The van der Waals surface area contributed by atoms with Crippen molar-refractivity contribution in [1.29, 1.82) is 0 Å². The predicted octanol–water partition coefficient (Wildman–Crippen LogP) is 2.24. The van der Waals surface area contributed by atoms with Crippen LogP contribution in [0.15, 0.2) is 0 Å². The lowest BCUT2D eigenvalue weighted by molar-refractivity contribution is 0.374. The van der Waals surface area contributed by atoms with Gasteiger partial charge in [0.25, 0.3) is 0 Å². The van der Waals surface area contributed by atoms with Crippen LogP contribution in [0.3, 0.4) is 0 Å². The average Bonchev–Trinajstić information content (AvgIpc) is 2.69. The first-order valence-corrected chi connectivity index (χ1v) is 6.66. The van der Waals surface area contributed by atoms with Gasteiger partial charge in [0, 0.05) is 24.8 Å². The van der Waals surface area contributed by atoms with Gasteiger partial charge < -0.3 is 10.1 Å². The van der Waals surface area contributed by atoms with Gasteiger partial charge in [0.15, 0.2) is 5.82 Å². The number of nitrogens with one attached hydrogen (secondary N) is 1. The van der Waals surface area contributed by atoms with Crippen LogP contribution in [-0.2, 0) is 7.05 Å². The average molecular weight is 275 g/mol. The molecule has 0 amide bonds. The van der Waals surface area contributed by atoms with Crippen LogP contribution in [0.1, 0.15) is 23.9 Å². The molecule has 6 nitrogen and oxygen atoms in total. The minimum absolute atomic E-state index is 0.645. The number of ether oxygens (including phenoxy) is 1. The van der Waals surface area contributed by atoms with Crippen molar-refractivity contribution in [2.45, 2.75) is 27.7 Å². The van der Waals surface area contributed by atoms with Crippen molar-refractivity contribution in [3.63, 3.8) is 0 Å². The zero-order chi connectivity index (χ0) is 14.9. The summed E-state index contributed by atoms with van der Waals surface area (Å²) in [5.41, 5.74) is 3.72. The molecule has 0 aliphatic heterocycles. The van der Waals surface area contributed by atoms with Gasteiger partial charge in [-0.05, 0) is 27.7 Å². The second-order valence-electron chi connectivity index (χ2n) is 4.73. The lowest BCUT2D eigenvalue weighted by atomic mass is 10.2. The van der Waals surface area contributed by atoms with E-state index in [0.717, 1.165) is 34.9 Å². The van der Waals surface area contributed by atoms with E-state index in [1.807, 2.05) is 34.7 Å². The van der Waals surface area contributed by atoms with E-state index in [-0.39, 0.29) is 0 Å². The lowest BCUT2D eigenvalue weighted by Crippen LogP contribution is -2.06. The fourth-order valence-corrected chi connectivity index (χ4v) is 2.21. The van der Waals surface area contributed by atoms with E-state index >= 15 is 0 Å². The number of anilines is 1. The Balaban J connectivity index is 2.64. The molecule has 0 saturated carbocycles. The van der Waals surface area contributed by atoms with Crippen LogP contribution in [0, 0.1) is 20.8 Å². The monoisotopic (exact) mass is 275 g/mol. The predicted molar refractivity (Wildman–Crippen MR) is 79.2 cm³/mol. The van der Waals surface area contributed by atoms with Crippen molar-refractivity contribution >= 4 is 5.82 Å². The molecule has 6 heteroatoms. The number of methoxy groups -OCH3 is 1. The highest BCUT2D eigenvalue weighted by Gasteiger charge is 2.20. The minimum atomic E-state index is 0.645. The van der Waals surface area contributed by atoms with Crippen LogP contribution in [0.4, 0.5) is 5.82 Å². The van der Waals surface area contributed by atoms with Crippen molar-refractivity contribution < 1.29 is 4.74 Å². The molecule has 0 saturated heterocycles. The SMILES string of the molecule is CCNc1nc(-c2c(C)nn(C)c2OC)nc(C)c1C. The third-order valence-electron chi connectivity index (χ3n) is 3.32. The molecule has 0 aliphatic carbocycles. The quantitative estimate of drug-likeness (QED) is 0.927. The van der Waals surface area contributed by atoms with E-state index < -0.39 is 0 Å². The Morgan fingerprint density at radius 3 is 2.45 bits per heavy atom. The van der Waals surface area contributed by atoms with Crippen LogP contribution in [-0.4, -0.2) is 33.4 Å². The number of hydrogen-bond acceptors (Lipinski definition) is 5. The zero-order valence-electron chi connectivity index (χ0n) is 12.9. The first kappa shape index (κ1) is 14.3. The topological polar surface area (TPSA) is 64.9 Å². The summed E-state index contributed by atoms with van der Waals surface area (Å²) in [7, 11) is 3.48. The second kappa shape index (κ2) is 5.48. The maximum absolute atomic E-state index is 5.42. The van der Waals surface area contributed by atoms with Crippen molar-refractivity contribution in [2.75, 3.05) is 19.0 Å². The van der Waals surface area contributed by atoms with E-state index in [1.54, 1.807) is 11.8 Å². The summed E-state index contributed by atoms with van der Waals surface area (Å²) in [4.78, 5) is 9.20. The molecule has 0 unspecified atom stereocenters. The molecule has 0 spiro atoms. The number of aromatic nitrogens is 4. The van der Waals surface area contributed by atoms with E-state index in [2.05, 4.69) is 20.4 Å².